The van der Waals surface area contributed by atoms with Crippen LogP contribution in [0.3, 0.4) is 0 Å². The molecule has 1 heterocycles. The molecule has 2 N–H and O–H groups in total. The van der Waals surface area contributed by atoms with Crippen LogP contribution in [0.25, 0.3) is 11.0 Å². The lowest BCUT2D eigenvalue weighted by Gasteiger charge is -2.22. The molecule has 0 saturated heterocycles. The van der Waals surface area contributed by atoms with Crippen LogP contribution in [0.5, 0.6) is 5.75 Å². The Kier molecular flexibility index (Phi) is 4.45. The largest absolute Gasteiger partial charge is 0.489 e. The molecule has 0 aliphatic heterocycles. The molecule has 22 heavy (non-hydrogen) atoms. The molecule has 0 atom stereocenters. The van der Waals surface area contributed by atoms with Gasteiger partial charge in [0.05, 0.1) is 17.1 Å². The highest BCUT2D eigenvalue weighted by molar-refractivity contribution is 6.44. The number of hydrogen-bond acceptors (Lipinski definition) is 3. The number of aromatic carboxylic acids is 1. The fourth-order valence-corrected chi connectivity index (χ4v) is 3.25. The summed E-state index contributed by atoms with van der Waals surface area (Å²) in [6.45, 7) is 0.546. The quantitative estimate of drug-likeness (QED) is 0.855. The molecular formula is C15H16Cl2N2O3. The van der Waals surface area contributed by atoms with Crippen LogP contribution in [0.15, 0.2) is 6.07 Å². The standard InChI is InChI=1S/C15H16Cl2N2O3/c16-9-6-10-12(19-14(18-10)15(20)21)13(11(9)17)22-7-8-4-2-1-3-5-8/h6,8H,1-5,7H2,(H,18,19)(H,20,21). The van der Waals surface area contributed by atoms with E-state index in [9.17, 15) is 4.79 Å². The number of imidazole rings is 1. The first-order chi connectivity index (χ1) is 10.6. The van der Waals surface area contributed by atoms with Gasteiger partial charge in [-0.15, -0.1) is 0 Å². The van der Waals surface area contributed by atoms with Crippen molar-refractivity contribution >= 4 is 40.2 Å². The van der Waals surface area contributed by atoms with Gasteiger partial charge in [0.2, 0.25) is 5.82 Å². The summed E-state index contributed by atoms with van der Waals surface area (Å²) in [5, 5.41) is 9.63. The van der Waals surface area contributed by atoms with Gasteiger partial charge in [0.1, 0.15) is 10.5 Å². The maximum Gasteiger partial charge on any atom is 0.371 e. The second-order valence-electron chi connectivity index (χ2n) is 5.60. The molecule has 1 aromatic heterocycles. The summed E-state index contributed by atoms with van der Waals surface area (Å²) in [5.74, 6) is -0.437. The van der Waals surface area contributed by atoms with E-state index in [1.54, 1.807) is 6.07 Å². The molecule has 1 aliphatic carbocycles. The molecule has 0 amide bonds. The number of halogens is 2. The normalized spacial score (nSPS) is 16.1. The van der Waals surface area contributed by atoms with Crippen molar-refractivity contribution in [1.29, 1.82) is 0 Å². The van der Waals surface area contributed by atoms with Gasteiger partial charge >= 0.3 is 5.97 Å². The second-order valence-corrected chi connectivity index (χ2v) is 6.39. The average molecular weight is 343 g/mol. The van der Waals surface area contributed by atoms with Gasteiger partial charge in [0.25, 0.3) is 0 Å². The van der Waals surface area contributed by atoms with Gasteiger partial charge < -0.3 is 14.8 Å². The lowest BCUT2D eigenvalue weighted by molar-refractivity contribution is 0.0685. The van der Waals surface area contributed by atoms with Crippen LogP contribution in [-0.2, 0) is 0 Å². The molecule has 118 valence electrons. The van der Waals surface area contributed by atoms with Crippen LogP contribution < -0.4 is 4.74 Å². The van der Waals surface area contributed by atoms with Crippen molar-refractivity contribution in [3.05, 3.63) is 21.9 Å². The van der Waals surface area contributed by atoms with E-state index in [-0.39, 0.29) is 10.8 Å². The molecule has 0 spiro atoms. The van der Waals surface area contributed by atoms with E-state index in [4.69, 9.17) is 33.0 Å². The Morgan fingerprint density at radius 3 is 2.77 bits per heavy atom. The fourth-order valence-electron chi connectivity index (χ4n) is 2.85. The minimum absolute atomic E-state index is 0.157. The predicted molar refractivity (Wildman–Crippen MR) is 85.1 cm³/mol. The van der Waals surface area contributed by atoms with Gasteiger partial charge in [-0.3, -0.25) is 0 Å². The molecule has 1 aliphatic rings. The van der Waals surface area contributed by atoms with Crippen molar-refractivity contribution in [3.8, 4) is 5.75 Å². The first kappa shape index (κ1) is 15.4. The van der Waals surface area contributed by atoms with Crippen LogP contribution in [0.2, 0.25) is 10.0 Å². The Morgan fingerprint density at radius 1 is 1.36 bits per heavy atom. The van der Waals surface area contributed by atoms with E-state index in [0.29, 0.717) is 34.3 Å². The minimum atomic E-state index is -1.14. The minimum Gasteiger partial charge on any atom is -0.489 e. The van der Waals surface area contributed by atoms with Gasteiger partial charge in [-0.05, 0) is 24.8 Å². The Morgan fingerprint density at radius 2 is 2.09 bits per heavy atom. The number of carbonyl (C=O) groups is 1. The molecule has 0 radical (unpaired) electrons. The summed E-state index contributed by atoms with van der Waals surface area (Å²) in [6.07, 6.45) is 6.00. The SMILES string of the molecule is O=C(O)c1nc2c(OCC3CCCCC3)c(Cl)c(Cl)cc2[nH]1. The van der Waals surface area contributed by atoms with Gasteiger partial charge in [-0.25, -0.2) is 9.78 Å². The third-order valence-electron chi connectivity index (χ3n) is 4.02. The highest BCUT2D eigenvalue weighted by atomic mass is 35.5. The van der Waals surface area contributed by atoms with Crippen molar-refractivity contribution in [2.24, 2.45) is 5.92 Å². The Bertz CT molecular complexity index is 708. The summed E-state index contributed by atoms with van der Waals surface area (Å²) < 4.78 is 5.87. The van der Waals surface area contributed by atoms with E-state index in [2.05, 4.69) is 9.97 Å². The highest BCUT2D eigenvalue weighted by Gasteiger charge is 2.20. The maximum absolute atomic E-state index is 11.1. The number of hydrogen-bond donors (Lipinski definition) is 2. The molecule has 2 aromatic rings. The first-order valence-corrected chi connectivity index (χ1v) is 8.05. The molecule has 1 saturated carbocycles. The molecule has 0 unspecified atom stereocenters. The van der Waals surface area contributed by atoms with E-state index in [1.807, 2.05) is 0 Å². The Balaban J connectivity index is 1.91. The summed E-state index contributed by atoms with van der Waals surface area (Å²) in [6, 6.07) is 1.56. The number of carboxylic acid groups (broad SMARTS) is 1. The van der Waals surface area contributed by atoms with E-state index in [1.165, 1.54) is 19.3 Å². The van der Waals surface area contributed by atoms with Crippen molar-refractivity contribution in [3.63, 3.8) is 0 Å². The van der Waals surface area contributed by atoms with Gasteiger partial charge in [0.15, 0.2) is 5.75 Å². The van der Waals surface area contributed by atoms with E-state index in [0.717, 1.165) is 12.8 Å². The number of rotatable bonds is 4. The molecule has 7 heteroatoms. The van der Waals surface area contributed by atoms with Crippen molar-refractivity contribution in [2.45, 2.75) is 32.1 Å². The van der Waals surface area contributed by atoms with Crippen molar-refractivity contribution in [1.82, 2.24) is 9.97 Å². The molecule has 0 bridgehead atoms. The topological polar surface area (TPSA) is 75.2 Å². The molecular weight excluding hydrogens is 327 g/mol. The third-order valence-corrected chi connectivity index (χ3v) is 4.79. The van der Waals surface area contributed by atoms with E-state index >= 15 is 0 Å². The summed E-state index contributed by atoms with van der Waals surface area (Å²) in [4.78, 5) is 17.8. The number of aromatic nitrogens is 2. The zero-order chi connectivity index (χ0) is 15.7. The molecule has 3 rings (SSSR count). The lowest BCUT2D eigenvalue weighted by atomic mass is 9.90. The van der Waals surface area contributed by atoms with E-state index < -0.39 is 5.97 Å². The number of carboxylic acids is 1. The van der Waals surface area contributed by atoms with Gasteiger partial charge in [0, 0.05) is 0 Å². The highest BCUT2D eigenvalue weighted by Crippen LogP contribution is 2.39. The van der Waals surface area contributed by atoms with Gasteiger partial charge in [-0.2, -0.15) is 0 Å². The van der Waals surface area contributed by atoms with Crippen molar-refractivity contribution in [2.75, 3.05) is 6.61 Å². The zero-order valence-corrected chi connectivity index (χ0v) is 13.4. The number of ether oxygens (including phenoxy) is 1. The molecule has 1 fully saturated rings. The number of aromatic amines is 1. The summed E-state index contributed by atoms with van der Waals surface area (Å²) in [7, 11) is 0. The van der Waals surface area contributed by atoms with Crippen LogP contribution in [0.1, 0.15) is 42.7 Å². The summed E-state index contributed by atoms with van der Waals surface area (Å²) >= 11 is 12.3. The van der Waals surface area contributed by atoms with Crippen LogP contribution >= 0.6 is 23.2 Å². The van der Waals surface area contributed by atoms with Gasteiger partial charge in [-0.1, -0.05) is 42.5 Å². The lowest BCUT2D eigenvalue weighted by Crippen LogP contribution is -2.15. The van der Waals surface area contributed by atoms with Crippen LogP contribution in [-0.4, -0.2) is 27.7 Å². The number of H-pyrrole nitrogens is 1. The molecule has 1 aromatic carbocycles. The first-order valence-electron chi connectivity index (χ1n) is 7.30. The van der Waals surface area contributed by atoms with Crippen molar-refractivity contribution < 1.29 is 14.6 Å². The Hall–Kier alpha value is -1.46. The zero-order valence-electron chi connectivity index (χ0n) is 11.9. The van der Waals surface area contributed by atoms with Crippen LogP contribution in [0, 0.1) is 5.92 Å². The maximum atomic E-state index is 11.1. The smallest absolute Gasteiger partial charge is 0.371 e. The number of fused-ring (bicyclic) bond motifs is 1. The van der Waals surface area contributed by atoms with Crippen LogP contribution in [0.4, 0.5) is 0 Å². The third kappa shape index (κ3) is 3.01. The predicted octanol–water partition coefficient (Wildman–Crippen LogP) is 4.53. The second kappa shape index (κ2) is 6.34. The monoisotopic (exact) mass is 342 g/mol. The fraction of sp³-hybridized carbons (Fsp3) is 0.467. The summed E-state index contributed by atoms with van der Waals surface area (Å²) in [5.41, 5.74) is 0.910. The number of benzene rings is 1. The molecule has 5 nitrogen and oxygen atoms in total. The average Bonchev–Trinajstić information content (AvgIpc) is 2.92. The Labute approximate surface area is 137 Å². The number of nitrogens with one attached hydrogen (secondary N) is 1. The number of nitrogens with zero attached hydrogens (tertiary/aromatic N) is 1.